The maximum absolute atomic E-state index is 13.3. The maximum Gasteiger partial charge on any atom is 0.244 e. The minimum atomic E-state index is -0.254. The van der Waals surface area contributed by atoms with Gasteiger partial charge in [-0.15, -0.1) is 0 Å². The number of halogens is 1. The van der Waals surface area contributed by atoms with Crippen molar-refractivity contribution in [3.63, 3.8) is 0 Å². The van der Waals surface area contributed by atoms with Crippen LogP contribution in [-0.4, -0.2) is 60.0 Å². The Balaban J connectivity index is 1.48. The molecule has 0 aliphatic heterocycles. The van der Waals surface area contributed by atoms with Crippen LogP contribution in [-0.2, 0) is 17.6 Å². The molecule has 0 aliphatic carbocycles. The van der Waals surface area contributed by atoms with E-state index in [1.54, 1.807) is 24.2 Å². The summed E-state index contributed by atoms with van der Waals surface area (Å²) in [7, 11) is 1.78. The molecule has 1 amide bonds. The number of guanidine groups is 1. The standard InChI is InChI=1S/C23H29FN6O/c1-3-25-23(27-12-9-17-15-28-21-14-18(24)7-8-20(17)21)29-16-22(31)30(2)13-10-19-6-4-5-11-26-19/h4-8,11,14-15,28H,3,9-10,12-13,16H2,1-2H3,(H2,25,27,29). The molecular formula is C23H29FN6O. The van der Waals surface area contributed by atoms with E-state index in [0.717, 1.165) is 28.6 Å². The van der Waals surface area contributed by atoms with Crippen molar-refractivity contribution < 1.29 is 9.18 Å². The average Bonchev–Trinajstić information content (AvgIpc) is 3.18. The molecule has 0 atom stereocenters. The Labute approximate surface area is 181 Å². The third kappa shape index (κ3) is 6.53. The van der Waals surface area contributed by atoms with Gasteiger partial charge in [0, 0.05) is 62.1 Å². The normalized spacial score (nSPS) is 11.5. The van der Waals surface area contributed by atoms with Gasteiger partial charge < -0.3 is 20.5 Å². The fourth-order valence-electron chi connectivity index (χ4n) is 3.24. The van der Waals surface area contributed by atoms with Crippen molar-refractivity contribution in [1.29, 1.82) is 0 Å². The first-order valence-electron chi connectivity index (χ1n) is 10.5. The highest BCUT2D eigenvalue weighted by atomic mass is 19.1. The zero-order chi connectivity index (χ0) is 22.1. The number of carbonyl (C=O) groups is 1. The number of amides is 1. The van der Waals surface area contributed by atoms with Crippen LogP contribution in [0.1, 0.15) is 18.2 Å². The average molecular weight is 425 g/mol. The Kier molecular flexibility index (Phi) is 7.98. The van der Waals surface area contributed by atoms with Crippen molar-refractivity contribution in [1.82, 2.24) is 25.5 Å². The first-order valence-corrected chi connectivity index (χ1v) is 10.5. The highest BCUT2D eigenvalue weighted by Gasteiger charge is 2.10. The first-order chi connectivity index (χ1) is 15.1. The molecule has 164 valence electrons. The molecule has 0 saturated heterocycles. The van der Waals surface area contributed by atoms with Crippen LogP contribution in [0.25, 0.3) is 10.9 Å². The molecule has 0 spiro atoms. The smallest absolute Gasteiger partial charge is 0.244 e. The summed E-state index contributed by atoms with van der Waals surface area (Å²) in [5, 5.41) is 7.43. The minimum Gasteiger partial charge on any atom is -0.361 e. The zero-order valence-electron chi connectivity index (χ0n) is 18.0. The first kappa shape index (κ1) is 22.3. The van der Waals surface area contributed by atoms with E-state index in [2.05, 4.69) is 25.6 Å². The number of aromatic amines is 1. The molecule has 0 unspecified atom stereocenters. The lowest BCUT2D eigenvalue weighted by atomic mass is 10.1. The van der Waals surface area contributed by atoms with Crippen molar-refractivity contribution in [2.45, 2.75) is 19.8 Å². The Bertz CT molecular complexity index is 1020. The van der Waals surface area contributed by atoms with Gasteiger partial charge in [-0.3, -0.25) is 9.78 Å². The third-order valence-corrected chi connectivity index (χ3v) is 4.99. The summed E-state index contributed by atoms with van der Waals surface area (Å²) in [6, 6.07) is 10.5. The quantitative estimate of drug-likeness (QED) is 0.364. The van der Waals surface area contributed by atoms with Gasteiger partial charge in [-0.05, 0) is 49.2 Å². The Morgan fingerprint density at radius 1 is 1.23 bits per heavy atom. The van der Waals surface area contributed by atoms with Gasteiger partial charge in [0.15, 0.2) is 5.96 Å². The molecule has 0 bridgehead atoms. The van der Waals surface area contributed by atoms with Crippen LogP contribution >= 0.6 is 0 Å². The fourth-order valence-corrected chi connectivity index (χ4v) is 3.24. The number of rotatable bonds is 9. The van der Waals surface area contributed by atoms with Gasteiger partial charge in [0.1, 0.15) is 12.4 Å². The number of fused-ring (bicyclic) bond motifs is 1. The largest absolute Gasteiger partial charge is 0.361 e. The van der Waals surface area contributed by atoms with Crippen molar-refractivity contribution in [2.75, 3.05) is 33.2 Å². The number of likely N-dealkylation sites (N-methyl/N-ethyl adjacent to an activating group) is 1. The van der Waals surface area contributed by atoms with Crippen LogP contribution in [0.3, 0.4) is 0 Å². The Morgan fingerprint density at radius 2 is 2.10 bits per heavy atom. The van der Waals surface area contributed by atoms with Gasteiger partial charge in [-0.1, -0.05) is 6.07 Å². The third-order valence-electron chi connectivity index (χ3n) is 4.99. The predicted octanol–water partition coefficient (Wildman–Crippen LogP) is 2.50. The Morgan fingerprint density at radius 3 is 2.87 bits per heavy atom. The molecule has 0 radical (unpaired) electrons. The minimum absolute atomic E-state index is 0.0493. The van der Waals surface area contributed by atoms with Gasteiger partial charge in [0.2, 0.25) is 5.91 Å². The van der Waals surface area contributed by atoms with Crippen LogP contribution in [0.15, 0.2) is 53.8 Å². The summed E-state index contributed by atoms with van der Waals surface area (Å²) in [5.74, 6) is 0.293. The number of carbonyl (C=O) groups excluding carboxylic acids is 1. The molecule has 1 aromatic carbocycles. The fraction of sp³-hybridized carbons (Fsp3) is 0.348. The molecule has 31 heavy (non-hydrogen) atoms. The second-order valence-electron chi connectivity index (χ2n) is 7.26. The lowest BCUT2D eigenvalue weighted by Crippen LogP contribution is -2.39. The second kappa shape index (κ2) is 11.1. The van der Waals surface area contributed by atoms with E-state index < -0.39 is 0 Å². The van der Waals surface area contributed by atoms with Crippen molar-refractivity contribution in [3.05, 3.63) is 65.9 Å². The number of aromatic nitrogens is 2. The summed E-state index contributed by atoms with van der Waals surface area (Å²) < 4.78 is 13.3. The van der Waals surface area contributed by atoms with E-state index in [4.69, 9.17) is 0 Å². The summed E-state index contributed by atoms with van der Waals surface area (Å²) >= 11 is 0. The molecule has 3 aromatic rings. The van der Waals surface area contributed by atoms with Gasteiger partial charge in [-0.2, -0.15) is 0 Å². The lowest BCUT2D eigenvalue weighted by Gasteiger charge is -2.16. The number of benzene rings is 1. The summed E-state index contributed by atoms with van der Waals surface area (Å²) in [4.78, 5) is 25.9. The lowest BCUT2D eigenvalue weighted by molar-refractivity contribution is -0.128. The number of hydrogen-bond donors (Lipinski definition) is 3. The Hall–Kier alpha value is -3.42. The molecule has 3 N–H and O–H groups in total. The van der Waals surface area contributed by atoms with Crippen LogP contribution in [0.4, 0.5) is 4.39 Å². The molecular weight excluding hydrogens is 395 g/mol. The van der Waals surface area contributed by atoms with Gasteiger partial charge in [0.25, 0.3) is 0 Å². The summed E-state index contributed by atoms with van der Waals surface area (Å²) in [6.45, 7) is 3.98. The molecule has 2 aromatic heterocycles. The van der Waals surface area contributed by atoms with E-state index in [1.807, 2.05) is 31.3 Å². The second-order valence-corrected chi connectivity index (χ2v) is 7.26. The van der Waals surface area contributed by atoms with Crippen molar-refractivity contribution in [3.8, 4) is 0 Å². The van der Waals surface area contributed by atoms with E-state index in [9.17, 15) is 9.18 Å². The monoisotopic (exact) mass is 424 g/mol. The molecule has 0 fully saturated rings. The van der Waals surface area contributed by atoms with Crippen LogP contribution in [0.2, 0.25) is 0 Å². The number of nitrogens with one attached hydrogen (secondary N) is 3. The predicted molar refractivity (Wildman–Crippen MR) is 122 cm³/mol. The molecule has 3 rings (SSSR count). The highest BCUT2D eigenvalue weighted by Crippen LogP contribution is 2.19. The summed E-state index contributed by atoms with van der Waals surface area (Å²) in [6.07, 6.45) is 5.11. The molecule has 8 heteroatoms. The number of hydrogen-bond acceptors (Lipinski definition) is 3. The topological polar surface area (TPSA) is 85.4 Å². The number of pyridine rings is 1. The van der Waals surface area contributed by atoms with Gasteiger partial charge >= 0.3 is 0 Å². The SMILES string of the molecule is CCNC(=NCC(=O)N(C)CCc1ccccn1)NCCc1c[nH]c2cc(F)ccc12. The van der Waals surface area contributed by atoms with E-state index in [1.165, 1.54) is 12.1 Å². The van der Waals surface area contributed by atoms with E-state index in [0.29, 0.717) is 32.0 Å². The van der Waals surface area contributed by atoms with Gasteiger partial charge in [0.05, 0.1) is 0 Å². The van der Waals surface area contributed by atoms with Crippen molar-refractivity contribution >= 4 is 22.8 Å². The summed E-state index contributed by atoms with van der Waals surface area (Å²) in [5.41, 5.74) is 2.85. The number of aliphatic imine (C=N–C) groups is 1. The zero-order valence-corrected chi connectivity index (χ0v) is 18.0. The van der Waals surface area contributed by atoms with Gasteiger partial charge in [-0.25, -0.2) is 9.38 Å². The molecule has 0 aliphatic rings. The van der Waals surface area contributed by atoms with Crippen LogP contribution in [0, 0.1) is 5.82 Å². The number of H-pyrrole nitrogens is 1. The maximum atomic E-state index is 13.3. The van der Waals surface area contributed by atoms with Crippen LogP contribution < -0.4 is 10.6 Å². The molecule has 0 saturated carbocycles. The molecule has 7 nitrogen and oxygen atoms in total. The van der Waals surface area contributed by atoms with E-state index in [-0.39, 0.29) is 18.3 Å². The number of nitrogens with zero attached hydrogens (tertiary/aromatic N) is 3. The van der Waals surface area contributed by atoms with Crippen molar-refractivity contribution in [2.24, 2.45) is 4.99 Å². The molecule has 2 heterocycles. The van der Waals surface area contributed by atoms with Crippen LogP contribution in [0.5, 0.6) is 0 Å². The highest BCUT2D eigenvalue weighted by molar-refractivity contribution is 5.85. The van der Waals surface area contributed by atoms with E-state index >= 15 is 0 Å².